The lowest BCUT2D eigenvalue weighted by molar-refractivity contribution is -0.123. The summed E-state index contributed by atoms with van der Waals surface area (Å²) >= 11 is 0. The van der Waals surface area contributed by atoms with Gasteiger partial charge in [-0.3, -0.25) is 4.79 Å². The summed E-state index contributed by atoms with van der Waals surface area (Å²) in [7, 11) is 0. The van der Waals surface area contributed by atoms with E-state index < -0.39 is 6.04 Å². The van der Waals surface area contributed by atoms with E-state index in [9.17, 15) is 4.79 Å². The Bertz CT molecular complexity index is 240. The highest BCUT2D eigenvalue weighted by Gasteiger charge is 2.19. The standard InChI is InChI=1S/C14H28N2O2/c1-3-11(2)13(15)14(17)16-9-10-18-12-7-5-4-6-8-12/h11-13H,3-10,15H2,1-2H3,(H,16,17)/t11?,13-/m0/s1. The molecule has 1 rings (SSSR count). The van der Waals surface area contributed by atoms with Crippen LogP contribution in [0.25, 0.3) is 0 Å². The molecule has 4 heteroatoms. The van der Waals surface area contributed by atoms with Crippen LogP contribution in [-0.4, -0.2) is 31.2 Å². The number of nitrogens with one attached hydrogen (secondary N) is 1. The highest BCUT2D eigenvalue weighted by molar-refractivity contribution is 5.81. The Morgan fingerprint density at radius 1 is 1.39 bits per heavy atom. The van der Waals surface area contributed by atoms with Crippen LogP contribution in [0.5, 0.6) is 0 Å². The molecular weight excluding hydrogens is 228 g/mol. The van der Waals surface area contributed by atoms with Crippen molar-refractivity contribution in [3.05, 3.63) is 0 Å². The topological polar surface area (TPSA) is 64.4 Å². The van der Waals surface area contributed by atoms with Crippen molar-refractivity contribution in [1.29, 1.82) is 0 Å². The van der Waals surface area contributed by atoms with Crippen molar-refractivity contribution in [2.24, 2.45) is 11.7 Å². The summed E-state index contributed by atoms with van der Waals surface area (Å²) in [5, 5.41) is 2.85. The first-order valence-corrected chi connectivity index (χ1v) is 7.30. The molecule has 0 heterocycles. The monoisotopic (exact) mass is 256 g/mol. The van der Waals surface area contributed by atoms with Crippen molar-refractivity contribution in [1.82, 2.24) is 5.32 Å². The molecule has 0 aromatic carbocycles. The summed E-state index contributed by atoms with van der Waals surface area (Å²) in [6.07, 6.45) is 7.54. The maximum Gasteiger partial charge on any atom is 0.237 e. The van der Waals surface area contributed by atoms with Gasteiger partial charge in [-0.15, -0.1) is 0 Å². The predicted molar refractivity (Wildman–Crippen MR) is 73.3 cm³/mol. The molecule has 0 bridgehead atoms. The second-order valence-electron chi connectivity index (χ2n) is 5.33. The lowest BCUT2D eigenvalue weighted by Gasteiger charge is -2.22. The van der Waals surface area contributed by atoms with Gasteiger partial charge in [-0.05, 0) is 18.8 Å². The van der Waals surface area contributed by atoms with Gasteiger partial charge < -0.3 is 15.8 Å². The molecule has 18 heavy (non-hydrogen) atoms. The van der Waals surface area contributed by atoms with Crippen LogP contribution in [0, 0.1) is 5.92 Å². The third-order valence-electron chi connectivity index (χ3n) is 3.87. The smallest absolute Gasteiger partial charge is 0.237 e. The van der Waals surface area contributed by atoms with Crippen LogP contribution >= 0.6 is 0 Å². The number of hydrogen-bond donors (Lipinski definition) is 2. The molecule has 1 fully saturated rings. The van der Waals surface area contributed by atoms with Gasteiger partial charge in [0, 0.05) is 6.54 Å². The molecule has 1 saturated carbocycles. The molecule has 0 spiro atoms. The molecule has 0 aromatic rings. The van der Waals surface area contributed by atoms with Gasteiger partial charge in [0.05, 0.1) is 18.8 Å². The van der Waals surface area contributed by atoms with Gasteiger partial charge in [0.1, 0.15) is 0 Å². The molecule has 4 nitrogen and oxygen atoms in total. The zero-order valence-corrected chi connectivity index (χ0v) is 11.8. The minimum atomic E-state index is -0.398. The van der Waals surface area contributed by atoms with E-state index >= 15 is 0 Å². The summed E-state index contributed by atoms with van der Waals surface area (Å²) < 4.78 is 5.74. The molecule has 1 unspecified atom stereocenters. The Morgan fingerprint density at radius 3 is 2.67 bits per heavy atom. The third kappa shape index (κ3) is 5.36. The molecular formula is C14H28N2O2. The van der Waals surface area contributed by atoms with Crippen molar-refractivity contribution in [2.45, 2.75) is 64.5 Å². The van der Waals surface area contributed by atoms with Gasteiger partial charge >= 0.3 is 0 Å². The first-order chi connectivity index (χ1) is 8.65. The van der Waals surface area contributed by atoms with Gasteiger partial charge in [-0.2, -0.15) is 0 Å². The Balaban J connectivity index is 2.07. The number of carbonyl (C=O) groups excluding carboxylic acids is 1. The molecule has 0 radical (unpaired) electrons. The van der Waals surface area contributed by atoms with Crippen molar-refractivity contribution in [2.75, 3.05) is 13.2 Å². The van der Waals surface area contributed by atoms with Gasteiger partial charge in [-0.25, -0.2) is 0 Å². The van der Waals surface area contributed by atoms with Gasteiger partial charge in [0.25, 0.3) is 0 Å². The third-order valence-corrected chi connectivity index (χ3v) is 3.87. The average molecular weight is 256 g/mol. The minimum absolute atomic E-state index is 0.0587. The lowest BCUT2D eigenvalue weighted by atomic mass is 9.98. The lowest BCUT2D eigenvalue weighted by Crippen LogP contribution is -2.45. The summed E-state index contributed by atoms with van der Waals surface area (Å²) in [6, 6.07) is -0.398. The van der Waals surface area contributed by atoms with Crippen molar-refractivity contribution in [3.8, 4) is 0 Å². The van der Waals surface area contributed by atoms with Crippen LogP contribution in [0.15, 0.2) is 0 Å². The van der Waals surface area contributed by atoms with E-state index in [0.717, 1.165) is 6.42 Å². The van der Waals surface area contributed by atoms with E-state index in [-0.39, 0.29) is 11.8 Å². The number of carbonyl (C=O) groups is 1. The highest BCUT2D eigenvalue weighted by atomic mass is 16.5. The summed E-state index contributed by atoms with van der Waals surface area (Å²) in [5.41, 5.74) is 5.84. The Labute approximate surface area is 111 Å². The summed E-state index contributed by atoms with van der Waals surface area (Å²) in [4.78, 5) is 11.7. The Hall–Kier alpha value is -0.610. The number of rotatable bonds is 7. The normalized spacial score (nSPS) is 20.4. The van der Waals surface area contributed by atoms with Crippen LogP contribution in [0.4, 0.5) is 0 Å². The van der Waals surface area contributed by atoms with Crippen LogP contribution in [0.2, 0.25) is 0 Å². The second-order valence-corrected chi connectivity index (χ2v) is 5.33. The average Bonchev–Trinajstić information content (AvgIpc) is 2.42. The highest BCUT2D eigenvalue weighted by Crippen LogP contribution is 2.19. The molecule has 106 valence electrons. The van der Waals surface area contributed by atoms with Crippen molar-refractivity contribution < 1.29 is 9.53 Å². The number of amides is 1. The van der Waals surface area contributed by atoms with E-state index in [4.69, 9.17) is 10.5 Å². The first kappa shape index (κ1) is 15.4. The van der Waals surface area contributed by atoms with Gasteiger partial charge in [0.2, 0.25) is 5.91 Å². The SMILES string of the molecule is CCC(C)[C@H](N)C(=O)NCCOC1CCCCC1. The van der Waals surface area contributed by atoms with Crippen LogP contribution < -0.4 is 11.1 Å². The quantitative estimate of drug-likeness (QED) is 0.683. The fourth-order valence-electron chi connectivity index (χ4n) is 2.26. The zero-order chi connectivity index (χ0) is 13.4. The number of hydrogen-bond acceptors (Lipinski definition) is 3. The van der Waals surface area contributed by atoms with E-state index in [1.54, 1.807) is 0 Å². The largest absolute Gasteiger partial charge is 0.376 e. The van der Waals surface area contributed by atoms with Gasteiger partial charge in [-0.1, -0.05) is 39.5 Å². The van der Waals surface area contributed by atoms with E-state index in [1.165, 1.54) is 32.1 Å². The maximum absolute atomic E-state index is 11.7. The predicted octanol–water partition coefficient (Wildman–Crippen LogP) is 1.83. The molecule has 0 aromatic heterocycles. The number of ether oxygens (including phenoxy) is 1. The van der Waals surface area contributed by atoms with Crippen molar-refractivity contribution >= 4 is 5.91 Å². The Morgan fingerprint density at radius 2 is 2.06 bits per heavy atom. The Kier molecular flexibility index (Phi) is 7.28. The van der Waals surface area contributed by atoms with E-state index in [1.807, 2.05) is 13.8 Å². The minimum Gasteiger partial charge on any atom is -0.376 e. The molecule has 1 aliphatic carbocycles. The molecule has 0 saturated heterocycles. The fraction of sp³-hybridized carbons (Fsp3) is 0.929. The van der Waals surface area contributed by atoms with Gasteiger partial charge in [0.15, 0.2) is 0 Å². The maximum atomic E-state index is 11.7. The van der Waals surface area contributed by atoms with E-state index in [2.05, 4.69) is 5.32 Å². The fourth-order valence-corrected chi connectivity index (χ4v) is 2.26. The molecule has 1 amide bonds. The van der Waals surface area contributed by atoms with Crippen LogP contribution in [0.1, 0.15) is 52.4 Å². The zero-order valence-electron chi connectivity index (χ0n) is 11.8. The van der Waals surface area contributed by atoms with Crippen LogP contribution in [0.3, 0.4) is 0 Å². The number of nitrogens with two attached hydrogens (primary N) is 1. The van der Waals surface area contributed by atoms with E-state index in [0.29, 0.717) is 19.3 Å². The second kappa shape index (κ2) is 8.48. The summed E-state index contributed by atoms with van der Waals surface area (Å²) in [5.74, 6) is 0.167. The first-order valence-electron chi connectivity index (χ1n) is 7.30. The molecule has 3 N–H and O–H groups in total. The summed E-state index contributed by atoms with van der Waals surface area (Å²) in [6.45, 7) is 5.22. The molecule has 2 atom stereocenters. The molecule has 1 aliphatic rings. The van der Waals surface area contributed by atoms with Crippen LogP contribution in [-0.2, 0) is 9.53 Å². The molecule has 0 aliphatic heterocycles. The van der Waals surface area contributed by atoms with Crippen molar-refractivity contribution in [3.63, 3.8) is 0 Å².